The average molecular weight is 443 g/mol. The van der Waals surface area contributed by atoms with Crippen molar-refractivity contribution in [2.45, 2.75) is 37.8 Å². The van der Waals surface area contributed by atoms with E-state index >= 15 is 0 Å². The third-order valence-electron chi connectivity index (χ3n) is 6.65. The van der Waals surface area contributed by atoms with Gasteiger partial charge in [-0.3, -0.25) is 19.1 Å². The van der Waals surface area contributed by atoms with Crippen LogP contribution in [-0.4, -0.2) is 59.5 Å². The lowest BCUT2D eigenvalue weighted by Gasteiger charge is -2.32. The first kappa shape index (κ1) is 20.0. The van der Waals surface area contributed by atoms with Crippen LogP contribution in [0, 0.1) is 0 Å². The Balaban J connectivity index is 1.15. The maximum absolute atomic E-state index is 12.8. The Hall–Kier alpha value is -3.59. The summed E-state index contributed by atoms with van der Waals surface area (Å²) in [7, 11) is 1.88. The maximum atomic E-state index is 12.8. The Morgan fingerprint density at radius 3 is 2.52 bits per heavy atom. The quantitative estimate of drug-likeness (QED) is 0.510. The molecule has 0 radical (unpaired) electrons. The van der Waals surface area contributed by atoms with Crippen molar-refractivity contribution >= 4 is 22.6 Å². The highest BCUT2D eigenvalue weighted by atomic mass is 16.1. The molecule has 2 aliphatic rings. The molecule has 9 nitrogen and oxygen atoms in total. The van der Waals surface area contributed by atoms with Crippen molar-refractivity contribution in [1.82, 2.24) is 34.4 Å². The Labute approximate surface area is 191 Å². The Bertz CT molecular complexity index is 1310. The summed E-state index contributed by atoms with van der Waals surface area (Å²) in [6, 6.07) is 5.05. The summed E-state index contributed by atoms with van der Waals surface area (Å²) < 4.78 is 3.71. The van der Waals surface area contributed by atoms with E-state index in [0.29, 0.717) is 17.4 Å². The zero-order valence-corrected chi connectivity index (χ0v) is 18.6. The highest BCUT2D eigenvalue weighted by molar-refractivity contribution is 6.04. The maximum Gasteiger partial charge on any atom is 0.260 e. The van der Waals surface area contributed by atoms with Crippen molar-refractivity contribution in [3.63, 3.8) is 0 Å². The van der Waals surface area contributed by atoms with Gasteiger partial charge in [0.2, 0.25) is 0 Å². The molecule has 0 bridgehead atoms. The molecule has 5 heterocycles. The van der Waals surface area contributed by atoms with Crippen LogP contribution in [0.5, 0.6) is 0 Å². The van der Waals surface area contributed by atoms with Gasteiger partial charge < -0.3 is 10.2 Å². The lowest BCUT2D eigenvalue weighted by Crippen LogP contribution is -2.36. The predicted octanol–water partition coefficient (Wildman–Crippen LogP) is 3.28. The van der Waals surface area contributed by atoms with E-state index in [1.54, 1.807) is 23.3 Å². The van der Waals surface area contributed by atoms with Gasteiger partial charge in [-0.15, -0.1) is 0 Å². The fourth-order valence-electron chi connectivity index (χ4n) is 4.63. The molecule has 168 valence electrons. The molecular formula is C24H26N8O. The third kappa shape index (κ3) is 4.11. The summed E-state index contributed by atoms with van der Waals surface area (Å²) >= 11 is 0. The van der Waals surface area contributed by atoms with E-state index in [1.165, 1.54) is 12.8 Å². The topological polar surface area (TPSA) is 93.8 Å². The zero-order chi connectivity index (χ0) is 22.4. The van der Waals surface area contributed by atoms with Crippen molar-refractivity contribution in [3.8, 4) is 11.1 Å². The molecule has 0 spiro atoms. The molecule has 1 aliphatic heterocycles. The minimum absolute atomic E-state index is 0.208. The van der Waals surface area contributed by atoms with E-state index < -0.39 is 0 Å². The van der Waals surface area contributed by atoms with Gasteiger partial charge in [0, 0.05) is 61.3 Å². The summed E-state index contributed by atoms with van der Waals surface area (Å²) in [5, 5.41) is 12.5. The van der Waals surface area contributed by atoms with Gasteiger partial charge >= 0.3 is 0 Å². The largest absolute Gasteiger partial charge is 0.306 e. The number of pyridine rings is 2. The number of aryl methyl sites for hydroxylation is 1. The number of piperidine rings is 1. The highest BCUT2D eigenvalue weighted by Gasteiger charge is 2.32. The van der Waals surface area contributed by atoms with Gasteiger partial charge in [-0.05, 0) is 37.8 Å². The molecule has 1 N–H and O–H groups in total. The van der Waals surface area contributed by atoms with Crippen LogP contribution in [0.2, 0.25) is 0 Å². The van der Waals surface area contributed by atoms with E-state index in [0.717, 1.165) is 54.0 Å². The first-order valence-electron chi connectivity index (χ1n) is 11.5. The normalized spacial score (nSPS) is 17.5. The number of nitrogens with zero attached hydrogens (tertiary/aromatic N) is 7. The number of aromatic nitrogens is 6. The number of anilines is 1. The van der Waals surface area contributed by atoms with E-state index in [1.807, 2.05) is 42.5 Å². The van der Waals surface area contributed by atoms with Crippen molar-refractivity contribution in [2.75, 3.05) is 18.4 Å². The first-order valence-corrected chi connectivity index (χ1v) is 11.5. The van der Waals surface area contributed by atoms with Gasteiger partial charge in [-0.25, -0.2) is 4.98 Å². The highest BCUT2D eigenvalue weighted by Crippen LogP contribution is 2.32. The summed E-state index contributed by atoms with van der Waals surface area (Å²) in [5.41, 5.74) is 3.27. The molecule has 9 heteroatoms. The first-order chi connectivity index (χ1) is 16.1. The molecule has 1 saturated heterocycles. The van der Waals surface area contributed by atoms with Crippen LogP contribution in [-0.2, 0) is 7.05 Å². The number of nitrogens with one attached hydrogen (secondary N) is 1. The summed E-state index contributed by atoms with van der Waals surface area (Å²) in [6.07, 6.45) is 15.6. The average Bonchev–Trinajstić information content (AvgIpc) is 3.40. The summed E-state index contributed by atoms with van der Waals surface area (Å²) in [5.74, 6) is 0.281. The molecule has 33 heavy (non-hydrogen) atoms. The van der Waals surface area contributed by atoms with Gasteiger partial charge in [0.25, 0.3) is 5.91 Å². The van der Waals surface area contributed by atoms with Crippen molar-refractivity contribution in [2.24, 2.45) is 7.05 Å². The minimum Gasteiger partial charge on any atom is -0.306 e. The fourth-order valence-corrected chi connectivity index (χ4v) is 4.63. The number of likely N-dealkylation sites (tertiary alicyclic amines) is 1. The molecule has 1 aliphatic carbocycles. The number of hydrogen-bond acceptors (Lipinski definition) is 6. The molecule has 0 aromatic carbocycles. The minimum atomic E-state index is -0.208. The molecule has 0 atom stereocenters. The monoisotopic (exact) mass is 442 g/mol. The number of rotatable bonds is 5. The number of hydrogen-bond donors (Lipinski definition) is 1. The Morgan fingerprint density at radius 1 is 0.909 bits per heavy atom. The van der Waals surface area contributed by atoms with Crippen LogP contribution < -0.4 is 5.32 Å². The van der Waals surface area contributed by atoms with E-state index in [2.05, 4.69) is 30.4 Å². The van der Waals surface area contributed by atoms with E-state index in [9.17, 15) is 4.79 Å². The third-order valence-corrected chi connectivity index (χ3v) is 6.65. The SMILES string of the molecule is Cn1cc(-c2cnc3cnc(NC(=O)c4cnn(C5CCN(C6CC6)CC5)c4)cc3c2)cn1. The van der Waals surface area contributed by atoms with Crippen LogP contribution in [0.1, 0.15) is 42.1 Å². The van der Waals surface area contributed by atoms with Gasteiger partial charge in [0.15, 0.2) is 0 Å². The molecule has 4 aromatic heterocycles. The van der Waals surface area contributed by atoms with E-state index in [4.69, 9.17) is 0 Å². The molecule has 0 unspecified atom stereocenters. The van der Waals surface area contributed by atoms with E-state index in [-0.39, 0.29) is 5.91 Å². The standard InChI is InChI=1S/C24H26N8O/c1-30-14-18(11-27-30)17-8-16-9-23(26-13-22(16)25-10-17)29-24(33)19-12-28-32(15-19)21-4-6-31(7-5-21)20-2-3-20/h8-15,20-21H,2-7H2,1H3,(H,26,29,33). The molecule has 4 aromatic rings. The van der Waals surface area contributed by atoms with Crippen LogP contribution in [0.3, 0.4) is 0 Å². The smallest absolute Gasteiger partial charge is 0.260 e. The van der Waals surface area contributed by atoms with Gasteiger partial charge in [0.05, 0.1) is 35.7 Å². The van der Waals surface area contributed by atoms with Crippen LogP contribution >= 0.6 is 0 Å². The zero-order valence-electron chi connectivity index (χ0n) is 18.6. The van der Waals surface area contributed by atoms with Gasteiger partial charge in [0.1, 0.15) is 5.82 Å². The second kappa shape index (κ2) is 8.08. The van der Waals surface area contributed by atoms with Crippen molar-refractivity contribution < 1.29 is 4.79 Å². The molecule has 1 saturated carbocycles. The molecule has 6 rings (SSSR count). The second-order valence-corrected chi connectivity index (χ2v) is 9.05. The summed E-state index contributed by atoms with van der Waals surface area (Å²) in [4.78, 5) is 24.3. The number of carbonyl (C=O) groups excluding carboxylic acids is 1. The molecule has 1 amide bonds. The van der Waals surface area contributed by atoms with Crippen molar-refractivity contribution in [3.05, 3.63) is 54.9 Å². The second-order valence-electron chi connectivity index (χ2n) is 9.05. The van der Waals surface area contributed by atoms with Crippen molar-refractivity contribution in [1.29, 1.82) is 0 Å². The fraction of sp³-hybridized carbons (Fsp3) is 0.375. The van der Waals surface area contributed by atoms with Crippen LogP contribution in [0.25, 0.3) is 22.0 Å². The van der Waals surface area contributed by atoms with Crippen LogP contribution in [0.15, 0.2) is 49.3 Å². The van der Waals surface area contributed by atoms with Gasteiger partial charge in [-0.2, -0.15) is 10.2 Å². The predicted molar refractivity (Wildman–Crippen MR) is 125 cm³/mol. The lowest BCUT2D eigenvalue weighted by molar-refractivity contribution is 0.102. The number of amides is 1. The van der Waals surface area contributed by atoms with Crippen LogP contribution in [0.4, 0.5) is 5.82 Å². The number of carbonyl (C=O) groups is 1. The number of fused-ring (bicyclic) bond motifs is 1. The summed E-state index contributed by atoms with van der Waals surface area (Å²) in [6.45, 7) is 2.24. The molecule has 2 fully saturated rings. The Kier molecular flexibility index (Phi) is 4.91. The Morgan fingerprint density at radius 2 is 1.76 bits per heavy atom. The molecular weight excluding hydrogens is 416 g/mol. The lowest BCUT2D eigenvalue weighted by atomic mass is 10.1. The van der Waals surface area contributed by atoms with Gasteiger partial charge in [-0.1, -0.05) is 0 Å².